The van der Waals surface area contributed by atoms with Crippen molar-refractivity contribution in [3.63, 3.8) is 0 Å². The van der Waals surface area contributed by atoms with Gasteiger partial charge in [-0.2, -0.15) is 0 Å². The Morgan fingerprint density at radius 2 is 1.96 bits per heavy atom. The van der Waals surface area contributed by atoms with Gasteiger partial charge in [-0.05, 0) is 30.3 Å². The van der Waals surface area contributed by atoms with Crippen LogP contribution in [-0.4, -0.2) is 22.8 Å². The van der Waals surface area contributed by atoms with E-state index in [1.165, 1.54) is 36.3 Å². The van der Waals surface area contributed by atoms with Crippen molar-refractivity contribution in [1.82, 2.24) is 9.55 Å². The van der Waals surface area contributed by atoms with E-state index in [1.54, 1.807) is 13.1 Å². The first-order valence-electron chi connectivity index (χ1n) is 7.04. The lowest BCUT2D eigenvalue weighted by molar-refractivity contribution is 0.436. The van der Waals surface area contributed by atoms with E-state index in [4.69, 9.17) is 4.74 Å². The van der Waals surface area contributed by atoms with E-state index in [2.05, 4.69) is 9.98 Å². The van der Waals surface area contributed by atoms with Gasteiger partial charge in [0, 0.05) is 20.3 Å². The maximum Gasteiger partial charge on any atom is 0.261 e. The smallest absolute Gasteiger partial charge is 0.261 e. The predicted octanol–water partition coefficient (Wildman–Crippen LogP) is 3.05. The minimum Gasteiger partial charge on any atom is -0.453 e. The largest absolute Gasteiger partial charge is 0.453 e. The minimum atomic E-state index is -0.731. The molecule has 122 valence electrons. The highest BCUT2D eigenvalue weighted by molar-refractivity contribution is 5.84. The van der Waals surface area contributed by atoms with E-state index in [-0.39, 0.29) is 22.6 Å². The lowest BCUT2D eigenvalue weighted by Crippen LogP contribution is -2.16. The Morgan fingerprint density at radius 3 is 2.71 bits per heavy atom. The number of fused-ring (bicyclic) bond motifs is 1. The molecule has 2 aromatic carbocycles. The molecule has 3 aromatic rings. The number of ether oxygens (including phenoxy) is 1. The molecule has 7 heteroatoms. The molecular formula is C17H13F2N3O2. The molecule has 24 heavy (non-hydrogen) atoms. The normalized spacial score (nSPS) is 11.3. The van der Waals surface area contributed by atoms with Crippen molar-refractivity contribution < 1.29 is 13.5 Å². The number of nitrogens with zero attached hydrogens (tertiary/aromatic N) is 3. The maximum atomic E-state index is 14.1. The van der Waals surface area contributed by atoms with E-state index in [9.17, 15) is 13.6 Å². The molecule has 3 rings (SSSR count). The van der Waals surface area contributed by atoms with Gasteiger partial charge in [0.25, 0.3) is 5.56 Å². The highest BCUT2D eigenvalue weighted by Crippen LogP contribution is 2.30. The molecule has 0 bridgehead atoms. The van der Waals surface area contributed by atoms with E-state index >= 15 is 0 Å². The second-order valence-corrected chi connectivity index (χ2v) is 5.10. The first kappa shape index (κ1) is 15.8. The Labute approximate surface area is 135 Å². The lowest BCUT2D eigenvalue weighted by atomic mass is 10.2. The van der Waals surface area contributed by atoms with Crippen molar-refractivity contribution in [2.75, 3.05) is 7.05 Å². The van der Waals surface area contributed by atoms with E-state index in [1.807, 2.05) is 0 Å². The standard InChI is InChI=1S/C17H13F2N3O2/c1-20-8-12-13(18)4-5-14(19)16(12)24-10-3-6-15-11(7-10)17(23)22(2)9-21-15/h3-9H,1-2H3. The van der Waals surface area contributed by atoms with Gasteiger partial charge in [0.15, 0.2) is 11.6 Å². The molecule has 0 N–H and O–H groups in total. The fraction of sp³-hybridized carbons (Fsp3) is 0.118. The first-order valence-corrected chi connectivity index (χ1v) is 7.04. The van der Waals surface area contributed by atoms with Crippen molar-refractivity contribution in [3.8, 4) is 11.5 Å². The van der Waals surface area contributed by atoms with Crippen LogP contribution in [0.25, 0.3) is 10.9 Å². The molecule has 0 spiro atoms. The number of aryl methyl sites for hydroxylation is 1. The number of halogens is 2. The third-order valence-electron chi connectivity index (χ3n) is 3.46. The van der Waals surface area contributed by atoms with Gasteiger partial charge < -0.3 is 9.30 Å². The highest BCUT2D eigenvalue weighted by atomic mass is 19.1. The van der Waals surface area contributed by atoms with Crippen molar-refractivity contribution in [1.29, 1.82) is 0 Å². The van der Waals surface area contributed by atoms with Crippen molar-refractivity contribution in [2.24, 2.45) is 12.0 Å². The summed E-state index contributed by atoms with van der Waals surface area (Å²) in [6.07, 6.45) is 2.59. The summed E-state index contributed by atoms with van der Waals surface area (Å²) in [5, 5.41) is 0.319. The average molecular weight is 329 g/mol. The third-order valence-corrected chi connectivity index (χ3v) is 3.46. The molecule has 0 aliphatic carbocycles. The van der Waals surface area contributed by atoms with Gasteiger partial charge in [0.1, 0.15) is 11.6 Å². The molecule has 0 unspecified atom stereocenters. The van der Waals surface area contributed by atoms with E-state index in [0.717, 1.165) is 12.1 Å². The zero-order chi connectivity index (χ0) is 17.3. The van der Waals surface area contributed by atoms with Gasteiger partial charge in [-0.1, -0.05) is 0 Å². The zero-order valence-corrected chi connectivity index (χ0v) is 13.0. The summed E-state index contributed by atoms with van der Waals surface area (Å²) in [5.74, 6) is -1.48. The molecule has 0 fully saturated rings. The molecule has 0 amide bonds. The number of hydrogen-bond acceptors (Lipinski definition) is 4. The first-order chi connectivity index (χ1) is 11.5. The van der Waals surface area contributed by atoms with Crippen molar-refractivity contribution >= 4 is 17.1 Å². The van der Waals surface area contributed by atoms with Crippen LogP contribution in [-0.2, 0) is 7.05 Å². The third kappa shape index (κ3) is 2.76. The van der Waals surface area contributed by atoms with Crippen LogP contribution in [0.1, 0.15) is 5.56 Å². The summed E-state index contributed by atoms with van der Waals surface area (Å²) in [7, 11) is 3.02. The maximum absolute atomic E-state index is 14.1. The van der Waals surface area contributed by atoms with Crippen LogP contribution in [0.5, 0.6) is 11.5 Å². The van der Waals surface area contributed by atoms with Gasteiger partial charge in [-0.3, -0.25) is 9.79 Å². The second-order valence-electron chi connectivity index (χ2n) is 5.10. The minimum absolute atomic E-state index is 0.100. The van der Waals surface area contributed by atoms with Gasteiger partial charge in [0.2, 0.25) is 0 Å². The molecule has 0 atom stereocenters. The van der Waals surface area contributed by atoms with Gasteiger partial charge in [0.05, 0.1) is 22.8 Å². The Kier molecular flexibility index (Phi) is 4.07. The monoisotopic (exact) mass is 329 g/mol. The number of hydrogen-bond donors (Lipinski definition) is 0. The summed E-state index contributed by atoms with van der Waals surface area (Å²) >= 11 is 0. The SMILES string of the molecule is CN=Cc1c(F)ccc(F)c1Oc1ccc2ncn(C)c(=O)c2c1. The number of aliphatic imine (C=N–C) groups is 1. The van der Waals surface area contributed by atoms with Crippen LogP contribution in [0.3, 0.4) is 0 Å². The zero-order valence-electron chi connectivity index (χ0n) is 13.0. The predicted molar refractivity (Wildman–Crippen MR) is 86.9 cm³/mol. The summed E-state index contributed by atoms with van der Waals surface area (Å²) in [6.45, 7) is 0. The highest BCUT2D eigenvalue weighted by Gasteiger charge is 2.15. The summed E-state index contributed by atoms with van der Waals surface area (Å²) in [5.41, 5.74) is 0.123. The molecule has 0 aliphatic rings. The second kappa shape index (κ2) is 6.19. The van der Waals surface area contributed by atoms with Crippen LogP contribution >= 0.6 is 0 Å². The van der Waals surface area contributed by atoms with Crippen LogP contribution < -0.4 is 10.3 Å². The molecule has 1 heterocycles. The molecular weight excluding hydrogens is 316 g/mol. The summed E-state index contributed by atoms with van der Waals surface area (Å²) < 4.78 is 34.8. The molecule has 1 aromatic heterocycles. The fourth-order valence-electron chi connectivity index (χ4n) is 2.27. The molecule has 0 saturated heterocycles. The van der Waals surface area contributed by atoms with Gasteiger partial charge in [-0.15, -0.1) is 0 Å². The fourth-order valence-corrected chi connectivity index (χ4v) is 2.27. The quantitative estimate of drug-likeness (QED) is 0.694. The molecule has 5 nitrogen and oxygen atoms in total. The van der Waals surface area contributed by atoms with Crippen molar-refractivity contribution in [3.05, 3.63) is 64.2 Å². The number of rotatable bonds is 3. The van der Waals surface area contributed by atoms with Crippen LogP contribution in [0, 0.1) is 11.6 Å². The van der Waals surface area contributed by atoms with Crippen LogP contribution in [0.4, 0.5) is 8.78 Å². The van der Waals surface area contributed by atoms with E-state index in [0.29, 0.717) is 10.9 Å². The summed E-state index contributed by atoms with van der Waals surface area (Å²) in [4.78, 5) is 20.0. The van der Waals surface area contributed by atoms with E-state index < -0.39 is 11.6 Å². The number of benzene rings is 2. The molecule has 0 saturated carbocycles. The average Bonchev–Trinajstić information content (AvgIpc) is 2.58. The molecule has 0 radical (unpaired) electrons. The summed E-state index contributed by atoms with van der Waals surface area (Å²) in [6, 6.07) is 6.53. The Morgan fingerprint density at radius 1 is 1.21 bits per heavy atom. The van der Waals surface area contributed by atoms with Crippen LogP contribution in [0.2, 0.25) is 0 Å². The Bertz CT molecular complexity index is 1010. The topological polar surface area (TPSA) is 56.5 Å². The molecule has 0 aliphatic heterocycles. The van der Waals surface area contributed by atoms with Crippen molar-refractivity contribution in [2.45, 2.75) is 0 Å². The Balaban J connectivity index is 2.12. The Hall–Kier alpha value is -3.09. The van der Waals surface area contributed by atoms with Gasteiger partial charge >= 0.3 is 0 Å². The van der Waals surface area contributed by atoms with Crippen LogP contribution in [0.15, 0.2) is 46.4 Å². The number of aromatic nitrogens is 2. The van der Waals surface area contributed by atoms with Gasteiger partial charge in [-0.25, -0.2) is 13.8 Å². The lowest BCUT2D eigenvalue weighted by Gasteiger charge is -2.11.